The third kappa shape index (κ3) is 3.68. The summed E-state index contributed by atoms with van der Waals surface area (Å²) in [6.07, 6.45) is 8.47. The monoisotopic (exact) mass is 298 g/mol. The van der Waals surface area contributed by atoms with Crippen LogP contribution >= 0.6 is 15.9 Å². The minimum atomic E-state index is 0.0537. The molecule has 0 atom stereocenters. The maximum absolute atomic E-state index is 11.7. The molecule has 0 aromatic carbocycles. The van der Waals surface area contributed by atoms with E-state index in [1.807, 2.05) is 12.3 Å². The molecule has 0 aliphatic heterocycles. The molecule has 1 aromatic heterocycles. The van der Waals surface area contributed by atoms with Crippen LogP contribution in [-0.4, -0.2) is 17.2 Å². The Morgan fingerprint density at radius 2 is 2.12 bits per heavy atom. The summed E-state index contributed by atoms with van der Waals surface area (Å²) in [5.74, 6) is 0. The van der Waals surface area contributed by atoms with Crippen LogP contribution in [0.4, 0.5) is 0 Å². The lowest BCUT2D eigenvalue weighted by molar-refractivity contribution is 0.367. The zero-order valence-corrected chi connectivity index (χ0v) is 11.6. The molecule has 0 saturated heterocycles. The molecule has 1 heterocycles. The van der Waals surface area contributed by atoms with Gasteiger partial charge in [0.05, 0.1) is 4.47 Å². The first-order chi connectivity index (χ1) is 8.27. The topological polar surface area (TPSA) is 34.0 Å². The molecular formula is C13H19BrN2O. The van der Waals surface area contributed by atoms with Gasteiger partial charge in [0, 0.05) is 25.3 Å². The van der Waals surface area contributed by atoms with E-state index < -0.39 is 0 Å². The second-order valence-corrected chi connectivity index (χ2v) is 5.50. The highest BCUT2D eigenvalue weighted by Gasteiger charge is 2.11. The lowest BCUT2D eigenvalue weighted by Crippen LogP contribution is -2.35. The van der Waals surface area contributed by atoms with Crippen molar-refractivity contribution in [3.8, 4) is 0 Å². The molecule has 2 rings (SSSR count). The third-order valence-electron chi connectivity index (χ3n) is 3.36. The predicted molar refractivity (Wildman–Crippen MR) is 73.3 cm³/mol. The second kappa shape index (κ2) is 6.36. The standard InChI is InChI=1S/C13H19BrN2O/c14-12-7-4-9-16(13(12)17)10-8-15-11-5-2-1-3-6-11/h4,7,9,11,15H,1-3,5-6,8,10H2. The summed E-state index contributed by atoms with van der Waals surface area (Å²) in [5, 5.41) is 3.54. The van der Waals surface area contributed by atoms with Crippen LogP contribution in [0.3, 0.4) is 0 Å². The van der Waals surface area contributed by atoms with Crippen molar-refractivity contribution in [2.24, 2.45) is 0 Å². The van der Waals surface area contributed by atoms with Crippen LogP contribution in [0.25, 0.3) is 0 Å². The van der Waals surface area contributed by atoms with E-state index in [1.54, 1.807) is 10.6 Å². The van der Waals surface area contributed by atoms with Crippen LogP contribution in [0.2, 0.25) is 0 Å². The highest BCUT2D eigenvalue weighted by atomic mass is 79.9. The molecule has 0 bridgehead atoms. The first kappa shape index (κ1) is 12.8. The normalized spacial score (nSPS) is 17.2. The van der Waals surface area contributed by atoms with Gasteiger partial charge in [0.1, 0.15) is 0 Å². The molecule has 17 heavy (non-hydrogen) atoms. The van der Waals surface area contributed by atoms with Crippen molar-refractivity contribution in [3.05, 3.63) is 33.2 Å². The van der Waals surface area contributed by atoms with Crippen molar-refractivity contribution in [2.75, 3.05) is 6.54 Å². The summed E-state index contributed by atoms with van der Waals surface area (Å²) in [5.41, 5.74) is 0.0537. The number of rotatable bonds is 4. The smallest absolute Gasteiger partial charge is 0.264 e. The van der Waals surface area contributed by atoms with Gasteiger partial charge in [-0.3, -0.25) is 4.79 Å². The zero-order chi connectivity index (χ0) is 12.1. The summed E-state index contributed by atoms with van der Waals surface area (Å²) in [4.78, 5) is 11.7. The minimum absolute atomic E-state index is 0.0537. The van der Waals surface area contributed by atoms with Gasteiger partial charge in [-0.2, -0.15) is 0 Å². The first-order valence-electron chi connectivity index (χ1n) is 6.36. The van der Waals surface area contributed by atoms with Gasteiger partial charge in [0.25, 0.3) is 5.56 Å². The quantitative estimate of drug-likeness (QED) is 0.927. The number of hydrogen-bond acceptors (Lipinski definition) is 2. The molecule has 0 radical (unpaired) electrons. The zero-order valence-electron chi connectivity index (χ0n) is 9.99. The van der Waals surface area contributed by atoms with Crippen LogP contribution in [-0.2, 0) is 6.54 Å². The summed E-state index contributed by atoms with van der Waals surface area (Å²) < 4.78 is 2.39. The van der Waals surface area contributed by atoms with Crippen LogP contribution in [0.1, 0.15) is 32.1 Å². The maximum Gasteiger partial charge on any atom is 0.264 e. The van der Waals surface area contributed by atoms with Gasteiger partial charge in [0.15, 0.2) is 0 Å². The van der Waals surface area contributed by atoms with Crippen molar-refractivity contribution in [2.45, 2.75) is 44.7 Å². The number of aromatic nitrogens is 1. The second-order valence-electron chi connectivity index (χ2n) is 4.64. The SMILES string of the molecule is O=c1c(Br)cccn1CCNC1CCCCC1. The summed E-state index contributed by atoms with van der Waals surface area (Å²) in [6, 6.07) is 4.34. The first-order valence-corrected chi connectivity index (χ1v) is 7.15. The van der Waals surface area contributed by atoms with Crippen LogP contribution < -0.4 is 10.9 Å². The van der Waals surface area contributed by atoms with E-state index >= 15 is 0 Å². The number of pyridine rings is 1. The molecule has 3 nitrogen and oxygen atoms in total. The maximum atomic E-state index is 11.7. The highest BCUT2D eigenvalue weighted by molar-refractivity contribution is 9.10. The van der Waals surface area contributed by atoms with Gasteiger partial charge in [-0.25, -0.2) is 0 Å². The molecule has 1 N–H and O–H groups in total. The summed E-state index contributed by atoms with van der Waals surface area (Å²) in [7, 11) is 0. The molecule has 0 spiro atoms. The number of nitrogens with one attached hydrogen (secondary N) is 1. The Morgan fingerprint density at radius 3 is 2.88 bits per heavy atom. The van der Waals surface area contributed by atoms with E-state index in [4.69, 9.17) is 0 Å². The summed E-state index contributed by atoms with van der Waals surface area (Å²) in [6.45, 7) is 1.62. The lowest BCUT2D eigenvalue weighted by atomic mass is 9.95. The molecule has 4 heteroatoms. The van der Waals surface area contributed by atoms with Crippen molar-refractivity contribution in [3.63, 3.8) is 0 Å². The van der Waals surface area contributed by atoms with E-state index in [2.05, 4.69) is 21.2 Å². The molecule has 0 amide bonds. The van der Waals surface area contributed by atoms with E-state index in [0.29, 0.717) is 10.5 Å². The Hall–Kier alpha value is -0.610. The Bertz CT molecular complexity index is 410. The molecule has 1 fully saturated rings. The molecule has 0 unspecified atom stereocenters. The molecule has 94 valence electrons. The average Bonchev–Trinajstić information content (AvgIpc) is 2.36. The molecule has 1 aliphatic carbocycles. The number of nitrogens with zero attached hydrogens (tertiary/aromatic N) is 1. The van der Waals surface area contributed by atoms with Gasteiger partial charge in [0.2, 0.25) is 0 Å². The van der Waals surface area contributed by atoms with E-state index in [0.717, 1.165) is 13.1 Å². The van der Waals surface area contributed by atoms with E-state index in [1.165, 1.54) is 32.1 Å². The van der Waals surface area contributed by atoms with Crippen molar-refractivity contribution in [1.29, 1.82) is 0 Å². The van der Waals surface area contributed by atoms with Crippen molar-refractivity contribution >= 4 is 15.9 Å². The number of hydrogen-bond donors (Lipinski definition) is 1. The average molecular weight is 299 g/mol. The van der Waals surface area contributed by atoms with E-state index in [9.17, 15) is 4.79 Å². The Balaban J connectivity index is 1.81. The predicted octanol–water partition coefficient (Wildman–Crippen LogP) is 2.53. The fourth-order valence-electron chi connectivity index (χ4n) is 2.38. The fraction of sp³-hybridized carbons (Fsp3) is 0.615. The molecular weight excluding hydrogens is 280 g/mol. The van der Waals surface area contributed by atoms with Gasteiger partial charge < -0.3 is 9.88 Å². The summed E-state index contributed by atoms with van der Waals surface area (Å²) >= 11 is 3.26. The molecule has 1 saturated carbocycles. The molecule has 1 aromatic rings. The highest BCUT2D eigenvalue weighted by Crippen LogP contribution is 2.16. The largest absolute Gasteiger partial charge is 0.313 e. The number of halogens is 1. The van der Waals surface area contributed by atoms with Gasteiger partial charge in [-0.15, -0.1) is 0 Å². The van der Waals surface area contributed by atoms with Crippen LogP contribution in [0, 0.1) is 0 Å². The van der Waals surface area contributed by atoms with Gasteiger partial charge in [-0.1, -0.05) is 19.3 Å². The lowest BCUT2D eigenvalue weighted by Gasteiger charge is -2.22. The van der Waals surface area contributed by atoms with Gasteiger partial charge in [-0.05, 0) is 40.9 Å². The van der Waals surface area contributed by atoms with Crippen molar-refractivity contribution < 1.29 is 0 Å². The van der Waals surface area contributed by atoms with Crippen LogP contribution in [0.15, 0.2) is 27.6 Å². The van der Waals surface area contributed by atoms with Crippen LogP contribution in [0.5, 0.6) is 0 Å². The Kier molecular flexibility index (Phi) is 4.80. The Labute approximate surface area is 110 Å². The van der Waals surface area contributed by atoms with Gasteiger partial charge >= 0.3 is 0 Å². The van der Waals surface area contributed by atoms with E-state index in [-0.39, 0.29) is 5.56 Å². The Morgan fingerprint density at radius 1 is 1.35 bits per heavy atom. The van der Waals surface area contributed by atoms with Crippen molar-refractivity contribution in [1.82, 2.24) is 9.88 Å². The molecule has 1 aliphatic rings. The third-order valence-corrected chi connectivity index (χ3v) is 3.97. The fourth-order valence-corrected chi connectivity index (χ4v) is 2.76. The minimum Gasteiger partial charge on any atom is -0.313 e.